The lowest BCUT2D eigenvalue weighted by atomic mass is 10.2. The topological polar surface area (TPSA) is 85.8 Å². The minimum Gasteiger partial charge on any atom is -0.350 e. The zero-order chi connectivity index (χ0) is 17.9. The molecule has 0 aliphatic carbocycles. The van der Waals surface area contributed by atoms with Gasteiger partial charge in [0.05, 0.1) is 5.69 Å². The predicted molar refractivity (Wildman–Crippen MR) is 76.9 cm³/mol. The molecule has 2 rings (SSSR count). The van der Waals surface area contributed by atoms with Crippen LogP contribution in [0.2, 0.25) is 0 Å². The van der Waals surface area contributed by atoms with Gasteiger partial charge in [-0.05, 0) is 30.7 Å². The summed E-state index contributed by atoms with van der Waals surface area (Å²) in [6.07, 6.45) is -4.90. The van der Waals surface area contributed by atoms with E-state index in [0.717, 1.165) is 12.1 Å². The van der Waals surface area contributed by atoms with Crippen LogP contribution < -0.4 is 11.1 Å². The van der Waals surface area contributed by atoms with Crippen molar-refractivity contribution in [3.8, 4) is 5.69 Å². The molecular weight excluding hydrogens is 330 g/mol. The van der Waals surface area contributed by atoms with Crippen molar-refractivity contribution in [1.82, 2.24) is 20.3 Å². The Morgan fingerprint density at radius 3 is 2.71 bits per heavy atom. The van der Waals surface area contributed by atoms with E-state index in [1.54, 1.807) is 6.92 Å². The second-order valence-corrected chi connectivity index (χ2v) is 5.23. The van der Waals surface area contributed by atoms with E-state index in [1.165, 1.54) is 12.1 Å². The number of carbonyl (C=O) groups is 1. The van der Waals surface area contributed by atoms with Crippen LogP contribution in [0.1, 0.15) is 23.1 Å². The number of aromatic nitrogens is 3. The van der Waals surface area contributed by atoms with Gasteiger partial charge in [-0.15, -0.1) is 5.10 Å². The van der Waals surface area contributed by atoms with Gasteiger partial charge in [-0.2, -0.15) is 13.2 Å². The Kier molecular flexibility index (Phi) is 5.17. The van der Waals surface area contributed by atoms with Crippen LogP contribution in [0.3, 0.4) is 0 Å². The fourth-order valence-electron chi connectivity index (χ4n) is 1.91. The molecule has 0 fully saturated rings. The summed E-state index contributed by atoms with van der Waals surface area (Å²) in [4.78, 5) is 12.0. The van der Waals surface area contributed by atoms with Gasteiger partial charge in [0.15, 0.2) is 11.4 Å². The van der Waals surface area contributed by atoms with Crippen LogP contribution >= 0.6 is 0 Å². The molecule has 0 spiro atoms. The summed E-state index contributed by atoms with van der Waals surface area (Å²) in [5.41, 5.74) is 2.95. The number of benzene rings is 1. The lowest BCUT2D eigenvalue weighted by Crippen LogP contribution is -2.33. The third-order valence-corrected chi connectivity index (χ3v) is 3.22. The van der Waals surface area contributed by atoms with E-state index < -0.39 is 29.3 Å². The maximum Gasteiger partial charge on any atom is 0.435 e. The molecule has 0 saturated heterocycles. The summed E-state index contributed by atoms with van der Waals surface area (Å²) in [6, 6.07) is 4.40. The van der Waals surface area contributed by atoms with Crippen molar-refractivity contribution in [3.05, 3.63) is 41.5 Å². The highest BCUT2D eigenvalue weighted by atomic mass is 19.4. The minimum atomic E-state index is -4.90. The first kappa shape index (κ1) is 17.9. The van der Waals surface area contributed by atoms with Crippen LogP contribution in [0.25, 0.3) is 5.69 Å². The highest BCUT2D eigenvalue weighted by Gasteiger charge is 2.42. The standard InChI is InChI=1S/C14H15F4N5O/c1-8(6-19)7-20-13(24)11-12(14(16,17)18)23(22-21-11)10-4-2-3-9(15)5-10/h2-5,8H,6-7,19H2,1H3,(H,20,24). The lowest BCUT2D eigenvalue weighted by molar-refractivity contribution is -0.143. The van der Waals surface area contributed by atoms with Crippen molar-refractivity contribution in [2.75, 3.05) is 13.1 Å². The Morgan fingerprint density at radius 2 is 2.12 bits per heavy atom. The third-order valence-electron chi connectivity index (χ3n) is 3.22. The molecule has 0 bridgehead atoms. The maximum atomic E-state index is 13.4. The molecule has 0 aliphatic heterocycles. The number of carbonyl (C=O) groups excluding carboxylic acids is 1. The molecular formula is C14H15F4N5O. The monoisotopic (exact) mass is 345 g/mol. The van der Waals surface area contributed by atoms with Gasteiger partial charge in [0.25, 0.3) is 5.91 Å². The van der Waals surface area contributed by atoms with Crippen LogP contribution in [0.15, 0.2) is 24.3 Å². The fourth-order valence-corrected chi connectivity index (χ4v) is 1.91. The Morgan fingerprint density at radius 1 is 1.42 bits per heavy atom. The number of rotatable bonds is 5. The Hall–Kier alpha value is -2.49. The Balaban J connectivity index is 2.42. The normalized spacial score (nSPS) is 12.9. The molecule has 3 N–H and O–H groups in total. The van der Waals surface area contributed by atoms with E-state index in [0.29, 0.717) is 4.68 Å². The van der Waals surface area contributed by atoms with Gasteiger partial charge in [0.1, 0.15) is 5.82 Å². The van der Waals surface area contributed by atoms with Crippen molar-refractivity contribution in [1.29, 1.82) is 0 Å². The van der Waals surface area contributed by atoms with Crippen molar-refractivity contribution in [2.24, 2.45) is 11.7 Å². The minimum absolute atomic E-state index is 0.0967. The van der Waals surface area contributed by atoms with Crippen molar-refractivity contribution in [2.45, 2.75) is 13.1 Å². The first-order valence-corrected chi connectivity index (χ1v) is 7.01. The average molecular weight is 345 g/mol. The lowest BCUT2D eigenvalue weighted by Gasteiger charge is -2.12. The maximum absolute atomic E-state index is 13.4. The molecule has 1 amide bonds. The first-order valence-electron chi connectivity index (χ1n) is 7.01. The molecule has 0 radical (unpaired) electrons. The van der Waals surface area contributed by atoms with E-state index in [1.807, 2.05) is 0 Å². The molecule has 6 nitrogen and oxygen atoms in total. The molecule has 130 valence electrons. The summed E-state index contributed by atoms with van der Waals surface area (Å²) in [6.45, 7) is 2.09. The van der Waals surface area contributed by atoms with Crippen LogP contribution in [0.5, 0.6) is 0 Å². The molecule has 0 saturated carbocycles. The number of nitrogens with one attached hydrogen (secondary N) is 1. The third kappa shape index (κ3) is 3.88. The van der Waals surface area contributed by atoms with E-state index in [4.69, 9.17) is 5.73 Å². The summed E-state index contributed by atoms with van der Waals surface area (Å²) in [7, 11) is 0. The predicted octanol–water partition coefficient (Wildman–Crippen LogP) is 1.75. The van der Waals surface area contributed by atoms with Crippen LogP contribution in [0.4, 0.5) is 17.6 Å². The summed E-state index contributed by atoms with van der Waals surface area (Å²) < 4.78 is 53.7. The zero-order valence-electron chi connectivity index (χ0n) is 12.6. The number of hydrogen-bond donors (Lipinski definition) is 2. The summed E-state index contributed by atoms with van der Waals surface area (Å²) in [5.74, 6) is -1.87. The number of halogens is 4. The number of nitrogens with zero attached hydrogens (tertiary/aromatic N) is 3. The van der Waals surface area contributed by atoms with Gasteiger partial charge in [-0.1, -0.05) is 18.2 Å². The number of alkyl halides is 3. The molecule has 1 aromatic heterocycles. The van der Waals surface area contributed by atoms with Gasteiger partial charge in [0, 0.05) is 6.54 Å². The number of nitrogens with two attached hydrogens (primary N) is 1. The molecule has 0 aliphatic rings. The first-order chi connectivity index (χ1) is 11.2. The number of amides is 1. The second kappa shape index (κ2) is 6.95. The molecule has 24 heavy (non-hydrogen) atoms. The highest BCUT2D eigenvalue weighted by molar-refractivity contribution is 5.93. The Labute approximate surface area is 134 Å². The second-order valence-electron chi connectivity index (χ2n) is 5.23. The van der Waals surface area contributed by atoms with E-state index in [2.05, 4.69) is 15.6 Å². The van der Waals surface area contributed by atoms with E-state index >= 15 is 0 Å². The van der Waals surface area contributed by atoms with E-state index in [-0.39, 0.29) is 24.7 Å². The number of hydrogen-bond acceptors (Lipinski definition) is 4. The molecule has 10 heteroatoms. The summed E-state index contributed by atoms with van der Waals surface area (Å²) in [5, 5.41) is 9.01. The quantitative estimate of drug-likeness (QED) is 0.809. The van der Waals surface area contributed by atoms with Gasteiger partial charge in [0.2, 0.25) is 0 Å². The van der Waals surface area contributed by atoms with E-state index in [9.17, 15) is 22.4 Å². The Bertz CT molecular complexity index is 728. The zero-order valence-corrected chi connectivity index (χ0v) is 12.6. The highest BCUT2D eigenvalue weighted by Crippen LogP contribution is 2.32. The van der Waals surface area contributed by atoms with Crippen LogP contribution in [-0.4, -0.2) is 34.0 Å². The van der Waals surface area contributed by atoms with Crippen molar-refractivity contribution < 1.29 is 22.4 Å². The largest absolute Gasteiger partial charge is 0.435 e. The smallest absolute Gasteiger partial charge is 0.350 e. The summed E-state index contributed by atoms with van der Waals surface area (Å²) >= 11 is 0. The van der Waals surface area contributed by atoms with Gasteiger partial charge in [-0.25, -0.2) is 9.07 Å². The fraction of sp³-hybridized carbons (Fsp3) is 0.357. The van der Waals surface area contributed by atoms with Crippen LogP contribution in [0, 0.1) is 11.7 Å². The van der Waals surface area contributed by atoms with Gasteiger partial charge < -0.3 is 11.1 Å². The SMILES string of the molecule is CC(CN)CNC(=O)c1nnn(-c2cccc(F)c2)c1C(F)(F)F. The average Bonchev–Trinajstić information content (AvgIpc) is 2.97. The van der Waals surface area contributed by atoms with Crippen molar-refractivity contribution in [3.63, 3.8) is 0 Å². The molecule has 1 unspecified atom stereocenters. The van der Waals surface area contributed by atoms with Gasteiger partial charge in [-0.3, -0.25) is 4.79 Å². The van der Waals surface area contributed by atoms with Gasteiger partial charge >= 0.3 is 6.18 Å². The molecule has 1 atom stereocenters. The molecule has 2 aromatic rings. The molecule has 1 heterocycles. The van der Waals surface area contributed by atoms with Crippen LogP contribution in [-0.2, 0) is 6.18 Å². The van der Waals surface area contributed by atoms with Crippen molar-refractivity contribution >= 4 is 5.91 Å². The molecule has 1 aromatic carbocycles.